The van der Waals surface area contributed by atoms with Gasteiger partial charge in [-0.15, -0.1) is 0 Å². The lowest BCUT2D eigenvalue weighted by Crippen LogP contribution is -2.38. The minimum Gasteiger partial charge on any atom is -0.482 e. The molecule has 5 heteroatoms. The Labute approximate surface area is 125 Å². The van der Waals surface area contributed by atoms with E-state index in [0.29, 0.717) is 16.7 Å². The van der Waals surface area contributed by atoms with Crippen molar-refractivity contribution >= 4 is 17.5 Å². The predicted molar refractivity (Wildman–Crippen MR) is 82.0 cm³/mol. The normalized spacial score (nSPS) is 13.9. The highest BCUT2D eigenvalue weighted by Crippen LogP contribution is 2.27. The summed E-state index contributed by atoms with van der Waals surface area (Å²) in [6, 6.07) is 5.37. The zero-order chi connectivity index (χ0) is 15.3. The molecule has 0 spiro atoms. The molecule has 0 saturated heterocycles. The number of carbonyl (C=O) groups is 1. The monoisotopic (exact) mass is 298 g/mol. The third kappa shape index (κ3) is 5.02. The van der Waals surface area contributed by atoms with Crippen LogP contribution < -0.4 is 15.8 Å². The molecule has 0 aromatic heterocycles. The molecule has 20 heavy (non-hydrogen) atoms. The average Bonchev–Trinajstić information content (AvgIpc) is 2.36. The lowest BCUT2D eigenvalue weighted by molar-refractivity contribution is -0.123. The van der Waals surface area contributed by atoms with Gasteiger partial charge in [-0.25, -0.2) is 0 Å². The van der Waals surface area contributed by atoms with E-state index in [1.807, 2.05) is 19.9 Å². The summed E-state index contributed by atoms with van der Waals surface area (Å²) in [5, 5.41) is 3.33. The van der Waals surface area contributed by atoms with Crippen molar-refractivity contribution in [2.75, 3.05) is 6.61 Å². The number of benzene rings is 1. The fourth-order valence-electron chi connectivity index (χ4n) is 1.52. The predicted octanol–water partition coefficient (Wildman–Crippen LogP) is 2.90. The maximum Gasteiger partial charge on any atom is 0.258 e. The van der Waals surface area contributed by atoms with E-state index in [1.54, 1.807) is 12.1 Å². The molecular formula is C15H23ClN2O2. The van der Waals surface area contributed by atoms with E-state index in [9.17, 15) is 4.79 Å². The fourth-order valence-corrected chi connectivity index (χ4v) is 1.77. The van der Waals surface area contributed by atoms with Crippen LogP contribution in [0.1, 0.15) is 39.3 Å². The number of rotatable bonds is 6. The largest absolute Gasteiger partial charge is 0.482 e. The minimum atomic E-state index is -0.154. The second kappa shape index (κ2) is 7.50. The third-order valence-electron chi connectivity index (χ3n) is 3.23. The summed E-state index contributed by atoms with van der Waals surface area (Å²) >= 11 is 6.10. The fraction of sp³-hybridized carbons (Fsp3) is 0.533. The number of hydrogen-bond donors (Lipinski definition) is 2. The first-order valence-corrected chi connectivity index (χ1v) is 7.16. The van der Waals surface area contributed by atoms with Crippen LogP contribution in [0.25, 0.3) is 0 Å². The molecule has 0 aliphatic carbocycles. The van der Waals surface area contributed by atoms with Crippen LogP contribution in [0.5, 0.6) is 5.75 Å². The average molecular weight is 299 g/mol. The Bertz CT molecular complexity index is 461. The van der Waals surface area contributed by atoms with Crippen LogP contribution in [0.2, 0.25) is 5.02 Å². The van der Waals surface area contributed by atoms with Gasteiger partial charge in [-0.2, -0.15) is 0 Å². The van der Waals surface area contributed by atoms with Crippen molar-refractivity contribution < 1.29 is 9.53 Å². The van der Waals surface area contributed by atoms with Crippen LogP contribution in [0.15, 0.2) is 18.2 Å². The van der Waals surface area contributed by atoms with Crippen LogP contribution in [0.4, 0.5) is 0 Å². The molecule has 0 heterocycles. The van der Waals surface area contributed by atoms with Crippen LogP contribution in [0.3, 0.4) is 0 Å². The maximum atomic E-state index is 11.7. The van der Waals surface area contributed by atoms with E-state index in [0.717, 1.165) is 5.56 Å². The van der Waals surface area contributed by atoms with E-state index >= 15 is 0 Å². The first-order chi connectivity index (χ1) is 9.31. The molecule has 4 nitrogen and oxygen atoms in total. The van der Waals surface area contributed by atoms with Crippen molar-refractivity contribution in [3.8, 4) is 5.75 Å². The van der Waals surface area contributed by atoms with Gasteiger partial charge in [0.2, 0.25) is 0 Å². The zero-order valence-electron chi connectivity index (χ0n) is 12.4. The van der Waals surface area contributed by atoms with Gasteiger partial charge < -0.3 is 15.8 Å². The lowest BCUT2D eigenvalue weighted by Gasteiger charge is -2.17. The van der Waals surface area contributed by atoms with Gasteiger partial charge in [0.15, 0.2) is 6.61 Å². The van der Waals surface area contributed by atoms with Crippen molar-refractivity contribution in [3.63, 3.8) is 0 Å². The van der Waals surface area contributed by atoms with Crippen LogP contribution in [-0.2, 0) is 4.79 Å². The number of nitrogens with two attached hydrogens (primary N) is 1. The number of ether oxygens (including phenoxy) is 1. The maximum absolute atomic E-state index is 11.7. The summed E-state index contributed by atoms with van der Waals surface area (Å²) in [5.74, 6) is 0.717. The molecule has 2 atom stereocenters. The molecule has 2 unspecified atom stereocenters. The van der Waals surface area contributed by atoms with Gasteiger partial charge in [0.25, 0.3) is 5.91 Å². The Kier molecular flexibility index (Phi) is 6.30. The lowest BCUT2D eigenvalue weighted by atomic mass is 10.1. The topological polar surface area (TPSA) is 64.3 Å². The molecule has 0 aliphatic heterocycles. The molecule has 0 saturated carbocycles. The van der Waals surface area contributed by atoms with Crippen LogP contribution in [-0.4, -0.2) is 18.6 Å². The van der Waals surface area contributed by atoms with Gasteiger partial charge in [0.1, 0.15) is 5.75 Å². The second-order valence-electron chi connectivity index (χ2n) is 5.37. The minimum absolute atomic E-state index is 0.0473. The molecule has 1 aromatic carbocycles. The smallest absolute Gasteiger partial charge is 0.258 e. The molecule has 0 fully saturated rings. The highest BCUT2D eigenvalue weighted by molar-refractivity contribution is 6.32. The number of halogens is 1. The van der Waals surface area contributed by atoms with E-state index in [4.69, 9.17) is 22.1 Å². The standard InChI is InChI=1S/C15H23ClN2O2/c1-9(2)11(4)18-15(19)8-20-14-6-5-12(10(3)17)7-13(14)16/h5-7,9-11H,8,17H2,1-4H3,(H,18,19). The van der Waals surface area contributed by atoms with Gasteiger partial charge in [0.05, 0.1) is 5.02 Å². The Morgan fingerprint density at radius 3 is 2.50 bits per heavy atom. The van der Waals surface area contributed by atoms with Gasteiger partial charge >= 0.3 is 0 Å². The van der Waals surface area contributed by atoms with Crippen LogP contribution >= 0.6 is 11.6 Å². The van der Waals surface area contributed by atoms with Crippen molar-refractivity contribution in [1.29, 1.82) is 0 Å². The molecule has 1 aromatic rings. The molecule has 0 aliphatic rings. The summed E-state index contributed by atoms with van der Waals surface area (Å²) in [6.45, 7) is 7.90. The van der Waals surface area contributed by atoms with E-state index in [-0.39, 0.29) is 24.6 Å². The molecule has 0 radical (unpaired) electrons. The van der Waals surface area contributed by atoms with Gasteiger partial charge in [-0.3, -0.25) is 4.79 Å². The summed E-state index contributed by atoms with van der Waals surface area (Å²) in [5.41, 5.74) is 6.71. The van der Waals surface area contributed by atoms with Crippen molar-refractivity contribution in [2.45, 2.75) is 39.8 Å². The first kappa shape index (κ1) is 16.8. The highest BCUT2D eigenvalue weighted by Gasteiger charge is 2.12. The Balaban J connectivity index is 2.56. The third-order valence-corrected chi connectivity index (χ3v) is 3.52. The zero-order valence-corrected chi connectivity index (χ0v) is 13.2. The first-order valence-electron chi connectivity index (χ1n) is 6.78. The van der Waals surface area contributed by atoms with E-state index < -0.39 is 0 Å². The van der Waals surface area contributed by atoms with Crippen molar-refractivity contribution in [1.82, 2.24) is 5.32 Å². The van der Waals surface area contributed by atoms with E-state index in [2.05, 4.69) is 19.2 Å². The van der Waals surface area contributed by atoms with Crippen LogP contribution in [0, 0.1) is 5.92 Å². The van der Waals surface area contributed by atoms with Gasteiger partial charge in [-0.1, -0.05) is 31.5 Å². The quantitative estimate of drug-likeness (QED) is 0.849. The number of carbonyl (C=O) groups excluding carboxylic acids is 1. The Hall–Kier alpha value is -1.26. The van der Waals surface area contributed by atoms with Crippen molar-refractivity contribution in [3.05, 3.63) is 28.8 Å². The second-order valence-corrected chi connectivity index (χ2v) is 5.77. The van der Waals surface area contributed by atoms with Crippen molar-refractivity contribution in [2.24, 2.45) is 11.7 Å². The van der Waals surface area contributed by atoms with Gasteiger partial charge in [-0.05, 0) is 37.5 Å². The SMILES string of the molecule is CC(N)c1ccc(OCC(=O)NC(C)C(C)C)c(Cl)c1. The molecule has 0 bridgehead atoms. The molecule has 112 valence electrons. The molecular weight excluding hydrogens is 276 g/mol. The summed E-state index contributed by atoms with van der Waals surface area (Å²) < 4.78 is 5.43. The molecule has 1 rings (SSSR count). The molecule has 1 amide bonds. The summed E-state index contributed by atoms with van der Waals surface area (Å²) in [6.07, 6.45) is 0. The number of nitrogens with one attached hydrogen (secondary N) is 1. The van der Waals surface area contributed by atoms with Gasteiger partial charge in [0, 0.05) is 12.1 Å². The molecule has 3 N–H and O–H groups in total. The van der Waals surface area contributed by atoms with E-state index in [1.165, 1.54) is 0 Å². The Morgan fingerprint density at radius 2 is 2.00 bits per heavy atom. The number of amides is 1. The summed E-state index contributed by atoms with van der Waals surface area (Å²) in [7, 11) is 0. The summed E-state index contributed by atoms with van der Waals surface area (Å²) in [4.78, 5) is 11.7. The highest BCUT2D eigenvalue weighted by atomic mass is 35.5. The number of hydrogen-bond acceptors (Lipinski definition) is 3. The Morgan fingerprint density at radius 1 is 1.35 bits per heavy atom.